The molecule has 0 spiro atoms. The van der Waals surface area contributed by atoms with E-state index in [4.69, 9.17) is 5.73 Å². The van der Waals surface area contributed by atoms with E-state index in [1.807, 2.05) is 0 Å². The average molecular weight is 175 g/mol. The molecule has 0 amide bonds. The van der Waals surface area contributed by atoms with E-state index >= 15 is 0 Å². The van der Waals surface area contributed by atoms with Gasteiger partial charge in [0.25, 0.3) is 0 Å². The molecule has 2 aromatic rings. The van der Waals surface area contributed by atoms with Crippen molar-refractivity contribution < 1.29 is 0 Å². The molecule has 13 heavy (non-hydrogen) atoms. The quantitative estimate of drug-likeness (QED) is 0.657. The fraction of sp³-hybridized carbons (Fsp3) is 0.125. The number of imidazole rings is 1. The van der Waals surface area contributed by atoms with Gasteiger partial charge in [0.15, 0.2) is 11.6 Å². The minimum atomic E-state index is 0.361. The van der Waals surface area contributed by atoms with Gasteiger partial charge in [-0.15, -0.1) is 6.58 Å². The van der Waals surface area contributed by atoms with Crippen molar-refractivity contribution in [3.8, 4) is 0 Å². The largest absolute Gasteiger partial charge is 0.369 e. The fourth-order valence-electron chi connectivity index (χ4n) is 1.09. The van der Waals surface area contributed by atoms with Crippen LogP contribution in [0.4, 0.5) is 5.95 Å². The number of H-pyrrole nitrogens is 1. The molecule has 0 aliphatic heterocycles. The molecule has 5 heteroatoms. The highest BCUT2D eigenvalue weighted by atomic mass is 15.1. The minimum Gasteiger partial charge on any atom is -0.369 e. The maximum Gasteiger partial charge on any atom is 0.200 e. The Morgan fingerprint density at radius 3 is 3.15 bits per heavy atom. The Hall–Kier alpha value is -1.91. The van der Waals surface area contributed by atoms with Gasteiger partial charge in [0.2, 0.25) is 0 Å². The lowest BCUT2D eigenvalue weighted by atomic mass is 10.4. The molecule has 2 heterocycles. The van der Waals surface area contributed by atoms with Crippen molar-refractivity contribution in [2.75, 3.05) is 5.73 Å². The predicted octanol–water partition coefficient (Wildman–Crippen LogP) is 0.664. The van der Waals surface area contributed by atoms with Crippen molar-refractivity contribution in [2.24, 2.45) is 0 Å². The van der Waals surface area contributed by atoms with Crippen LogP contribution in [0.25, 0.3) is 11.2 Å². The van der Waals surface area contributed by atoms with Crippen molar-refractivity contribution in [1.82, 2.24) is 19.9 Å². The lowest BCUT2D eigenvalue weighted by Gasteiger charge is -1.92. The zero-order valence-corrected chi connectivity index (χ0v) is 6.99. The highest BCUT2D eigenvalue weighted by molar-refractivity contribution is 5.71. The summed E-state index contributed by atoms with van der Waals surface area (Å²) in [6.45, 7) is 3.61. The summed E-state index contributed by atoms with van der Waals surface area (Å²) in [6, 6.07) is 0. The number of anilines is 1. The first kappa shape index (κ1) is 7.72. The first-order chi connectivity index (χ1) is 6.29. The molecular formula is C8H9N5. The molecule has 0 radical (unpaired) electrons. The third-order valence-electron chi connectivity index (χ3n) is 1.63. The molecule has 0 unspecified atom stereocenters. The summed E-state index contributed by atoms with van der Waals surface area (Å²) in [4.78, 5) is 15.1. The van der Waals surface area contributed by atoms with Crippen molar-refractivity contribution in [2.45, 2.75) is 6.42 Å². The average Bonchev–Trinajstić information content (AvgIpc) is 2.44. The summed E-state index contributed by atoms with van der Waals surface area (Å²) in [5, 5.41) is 0. The van der Waals surface area contributed by atoms with Crippen LogP contribution in [0.2, 0.25) is 0 Å². The Labute approximate surface area is 74.7 Å². The molecule has 0 aliphatic carbocycles. The summed E-state index contributed by atoms with van der Waals surface area (Å²) >= 11 is 0. The van der Waals surface area contributed by atoms with Gasteiger partial charge in [0, 0.05) is 6.42 Å². The molecule has 2 aromatic heterocycles. The van der Waals surface area contributed by atoms with Gasteiger partial charge in [-0.1, -0.05) is 6.08 Å². The van der Waals surface area contributed by atoms with Crippen molar-refractivity contribution in [1.29, 1.82) is 0 Å². The highest BCUT2D eigenvalue weighted by Crippen LogP contribution is 2.08. The fourth-order valence-corrected chi connectivity index (χ4v) is 1.09. The molecule has 0 fully saturated rings. The number of nitrogens with two attached hydrogens (primary N) is 1. The Morgan fingerprint density at radius 2 is 2.38 bits per heavy atom. The Kier molecular flexibility index (Phi) is 1.70. The predicted molar refractivity (Wildman–Crippen MR) is 50.0 cm³/mol. The second kappa shape index (κ2) is 2.85. The molecule has 0 aromatic carbocycles. The maximum absolute atomic E-state index is 5.46. The third-order valence-corrected chi connectivity index (χ3v) is 1.63. The monoisotopic (exact) mass is 175 g/mol. The zero-order chi connectivity index (χ0) is 9.26. The van der Waals surface area contributed by atoms with Crippen LogP contribution in [0.5, 0.6) is 0 Å². The van der Waals surface area contributed by atoms with Crippen LogP contribution in [0.1, 0.15) is 5.82 Å². The van der Waals surface area contributed by atoms with E-state index in [-0.39, 0.29) is 0 Å². The van der Waals surface area contributed by atoms with Gasteiger partial charge in [0.05, 0.1) is 6.20 Å². The van der Waals surface area contributed by atoms with E-state index in [1.54, 1.807) is 12.3 Å². The van der Waals surface area contributed by atoms with E-state index in [2.05, 4.69) is 26.5 Å². The van der Waals surface area contributed by atoms with Crippen LogP contribution in [0.15, 0.2) is 18.9 Å². The van der Waals surface area contributed by atoms with Gasteiger partial charge in [-0.3, -0.25) is 0 Å². The number of nitrogens with one attached hydrogen (secondary N) is 1. The van der Waals surface area contributed by atoms with Crippen LogP contribution >= 0.6 is 0 Å². The molecular weight excluding hydrogens is 166 g/mol. The van der Waals surface area contributed by atoms with E-state index in [1.165, 1.54) is 0 Å². The number of allylic oxidation sites excluding steroid dienone is 1. The highest BCUT2D eigenvalue weighted by Gasteiger charge is 2.02. The first-order valence-corrected chi connectivity index (χ1v) is 3.87. The summed E-state index contributed by atoms with van der Waals surface area (Å²) in [5.41, 5.74) is 6.82. The summed E-state index contributed by atoms with van der Waals surface area (Å²) < 4.78 is 0. The van der Waals surface area contributed by atoms with Gasteiger partial charge < -0.3 is 10.7 Å². The van der Waals surface area contributed by atoms with E-state index in [0.29, 0.717) is 23.8 Å². The van der Waals surface area contributed by atoms with Gasteiger partial charge in [-0.25, -0.2) is 9.97 Å². The van der Waals surface area contributed by atoms with Gasteiger partial charge in [0.1, 0.15) is 11.3 Å². The number of hydrogen-bond donors (Lipinski definition) is 2. The zero-order valence-electron chi connectivity index (χ0n) is 6.99. The Morgan fingerprint density at radius 1 is 1.54 bits per heavy atom. The van der Waals surface area contributed by atoms with E-state index in [0.717, 1.165) is 5.52 Å². The topological polar surface area (TPSA) is 80.5 Å². The van der Waals surface area contributed by atoms with Crippen LogP contribution in [-0.2, 0) is 6.42 Å². The summed E-state index contributed by atoms with van der Waals surface area (Å²) in [5.74, 6) is 1.06. The SMILES string of the molecule is C=CCc1ncc2[nH]c(N)nc2n1. The Bertz CT molecular complexity index is 445. The van der Waals surface area contributed by atoms with Crippen LogP contribution in [0, 0.1) is 0 Å². The van der Waals surface area contributed by atoms with Crippen molar-refractivity contribution in [3.05, 3.63) is 24.7 Å². The second-order valence-electron chi connectivity index (χ2n) is 2.64. The molecule has 2 rings (SSSR count). The maximum atomic E-state index is 5.46. The molecule has 5 nitrogen and oxygen atoms in total. The van der Waals surface area contributed by atoms with Gasteiger partial charge in [-0.2, -0.15) is 4.98 Å². The number of hydrogen-bond acceptors (Lipinski definition) is 4. The summed E-state index contributed by atoms with van der Waals surface area (Å²) in [6.07, 6.45) is 4.06. The van der Waals surface area contributed by atoms with Crippen molar-refractivity contribution >= 4 is 17.1 Å². The minimum absolute atomic E-state index is 0.361. The molecule has 0 saturated carbocycles. The van der Waals surface area contributed by atoms with Gasteiger partial charge in [-0.05, 0) is 0 Å². The number of aromatic nitrogens is 4. The van der Waals surface area contributed by atoms with Crippen LogP contribution in [0.3, 0.4) is 0 Å². The number of nitrogens with zero attached hydrogens (tertiary/aromatic N) is 3. The normalized spacial score (nSPS) is 10.5. The molecule has 66 valence electrons. The summed E-state index contributed by atoms with van der Waals surface area (Å²) in [7, 11) is 0. The number of aromatic amines is 1. The Balaban J connectivity index is 2.54. The first-order valence-electron chi connectivity index (χ1n) is 3.87. The van der Waals surface area contributed by atoms with E-state index < -0.39 is 0 Å². The molecule has 0 bridgehead atoms. The number of rotatable bonds is 2. The lowest BCUT2D eigenvalue weighted by molar-refractivity contribution is 1.01. The third kappa shape index (κ3) is 1.35. The van der Waals surface area contributed by atoms with Crippen LogP contribution in [-0.4, -0.2) is 19.9 Å². The van der Waals surface area contributed by atoms with Gasteiger partial charge >= 0.3 is 0 Å². The molecule has 3 N–H and O–H groups in total. The van der Waals surface area contributed by atoms with Crippen LogP contribution < -0.4 is 5.73 Å². The molecule has 0 saturated heterocycles. The second-order valence-corrected chi connectivity index (χ2v) is 2.64. The smallest absolute Gasteiger partial charge is 0.200 e. The number of nitrogen functional groups attached to an aromatic ring is 1. The van der Waals surface area contributed by atoms with Crippen molar-refractivity contribution in [3.63, 3.8) is 0 Å². The standard InChI is InChI=1S/C8H9N5/c1-2-3-6-10-4-5-7(12-6)13-8(9)11-5/h2,4H,1,3H2,(H3,9,10,11,12,13). The molecule has 0 aliphatic rings. The van der Waals surface area contributed by atoms with E-state index in [9.17, 15) is 0 Å². The molecule has 0 atom stereocenters. The lowest BCUT2D eigenvalue weighted by Crippen LogP contribution is -1.92. The number of fused-ring (bicyclic) bond motifs is 1.